The summed E-state index contributed by atoms with van der Waals surface area (Å²) >= 11 is 0. The molecule has 0 saturated carbocycles. The second-order valence-corrected chi connectivity index (χ2v) is 6.45. The predicted molar refractivity (Wildman–Crippen MR) is 77.3 cm³/mol. The van der Waals surface area contributed by atoms with Gasteiger partial charge in [0.05, 0.1) is 6.10 Å². The summed E-state index contributed by atoms with van der Waals surface area (Å²) in [5.41, 5.74) is 8.58. The first-order valence-corrected chi connectivity index (χ1v) is 7.12. The Kier molecular flexibility index (Phi) is 3.31. The normalized spacial score (nSPS) is 18.8. The average Bonchev–Trinajstić information content (AvgIpc) is 2.62. The van der Waals surface area contributed by atoms with E-state index in [0.29, 0.717) is 5.41 Å². The number of rotatable bonds is 2. The Labute approximate surface area is 111 Å². The summed E-state index contributed by atoms with van der Waals surface area (Å²) in [6, 6.07) is 0. The van der Waals surface area contributed by atoms with Gasteiger partial charge in [-0.15, -0.1) is 0 Å². The van der Waals surface area contributed by atoms with E-state index in [-0.39, 0.29) is 6.10 Å². The summed E-state index contributed by atoms with van der Waals surface area (Å²) in [5.74, 6) is 0. The van der Waals surface area contributed by atoms with Crippen molar-refractivity contribution in [2.75, 3.05) is 0 Å². The molecule has 1 aromatic carbocycles. The Morgan fingerprint density at radius 2 is 1.72 bits per heavy atom. The number of aliphatic hydroxyl groups excluding tert-OH is 1. The zero-order valence-corrected chi connectivity index (χ0v) is 12.6. The number of aliphatic hydroxyl groups is 1. The molecule has 1 N–H and O–H groups in total. The number of hydrogen-bond donors (Lipinski definition) is 1. The molecule has 100 valence electrons. The molecule has 0 heterocycles. The van der Waals surface area contributed by atoms with Crippen molar-refractivity contribution in [2.45, 2.75) is 72.3 Å². The molecule has 0 amide bonds. The number of hydrogen-bond acceptors (Lipinski definition) is 1. The van der Waals surface area contributed by atoms with E-state index < -0.39 is 0 Å². The number of benzene rings is 1. The van der Waals surface area contributed by atoms with Gasteiger partial charge in [0.2, 0.25) is 0 Å². The Morgan fingerprint density at radius 3 is 2.28 bits per heavy atom. The van der Waals surface area contributed by atoms with E-state index >= 15 is 0 Å². The van der Waals surface area contributed by atoms with Crippen LogP contribution in [-0.4, -0.2) is 5.11 Å². The van der Waals surface area contributed by atoms with Crippen LogP contribution in [0, 0.1) is 20.8 Å². The van der Waals surface area contributed by atoms with E-state index in [2.05, 4.69) is 41.5 Å². The fraction of sp³-hybridized carbons (Fsp3) is 0.647. The molecule has 0 bridgehead atoms. The van der Waals surface area contributed by atoms with E-state index in [1.165, 1.54) is 40.7 Å². The molecular weight excluding hydrogens is 220 g/mol. The molecule has 1 aliphatic rings. The molecule has 1 nitrogen and oxygen atoms in total. The topological polar surface area (TPSA) is 20.2 Å². The lowest BCUT2D eigenvalue weighted by molar-refractivity contribution is 0.172. The molecule has 1 aromatic rings. The summed E-state index contributed by atoms with van der Waals surface area (Å²) in [5, 5.41) is 10.3. The van der Waals surface area contributed by atoms with Gasteiger partial charge in [-0.25, -0.2) is 0 Å². The highest BCUT2D eigenvalue weighted by molar-refractivity contribution is 5.56. The summed E-state index contributed by atoms with van der Waals surface area (Å²) in [6.07, 6.45) is 2.88. The first-order chi connectivity index (χ1) is 8.31. The Hall–Kier alpha value is -0.820. The van der Waals surface area contributed by atoms with Crippen LogP contribution >= 0.6 is 0 Å². The molecule has 0 spiro atoms. The van der Waals surface area contributed by atoms with Gasteiger partial charge in [-0.1, -0.05) is 20.8 Å². The van der Waals surface area contributed by atoms with E-state index in [1.54, 1.807) is 5.56 Å². The molecule has 2 rings (SSSR count). The van der Waals surface area contributed by atoms with Gasteiger partial charge in [0.15, 0.2) is 0 Å². The van der Waals surface area contributed by atoms with Crippen LogP contribution in [0.15, 0.2) is 0 Å². The van der Waals surface area contributed by atoms with Crippen LogP contribution in [0.1, 0.15) is 73.1 Å². The Balaban J connectivity index is 2.74. The molecule has 1 atom stereocenters. The van der Waals surface area contributed by atoms with Crippen molar-refractivity contribution < 1.29 is 5.11 Å². The van der Waals surface area contributed by atoms with E-state index in [1.807, 2.05) is 0 Å². The predicted octanol–water partition coefficient (Wildman–Crippen LogP) is 4.28. The quantitative estimate of drug-likeness (QED) is 0.826. The van der Waals surface area contributed by atoms with E-state index in [9.17, 15) is 5.11 Å². The lowest BCUT2D eigenvalue weighted by Crippen LogP contribution is -2.16. The van der Waals surface area contributed by atoms with Gasteiger partial charge in [-0.3, -0.25) is 0 Å². The second kappa shape index (κ2) is 4.38. The van der Waals surface area contributed by atoms with Crippen molar-refractivity contribution in [2.24, 2.45) is 0 Å². The summed E-state index contributed by atoms with van der Waals surface area (Å²) in [6.45, 7) is 13.3. The van der Waals surface area contributed by atoms with Crippen LogP contribution in [0.5, 0.6) is 0 Å². The van der Waals surface area contributed by atoms with Gasteiger partial charge in [0, 0.05) is 0 Å². The third-order valence-electron chi connectivity index (χ3n) is 4.90. The van der Waals surface area contributed by atoms with Crippen molar-refractivity contribution in [1.82, 2.24) is 0 Å². The molecule has 1 heteroatoms. The van der Waals surface area contributed by atoms with Crippen molar-refractivity contribution >= 4 is 0 Å². The number of fused-ring (bicyclic) bond motifs is 1. The third-order valence-corrected chi connectivity index (χ3v) is 4.90. The Morgan fingerprint density at radius 1 is 1.11 bits per heavy atom. The fourth-order valence-corrected chi connectivity index (χ4v) is 3.74. The largest absolute Gasteiger partial charge is 0.388 e. The van der Waals surface area contributed by atoms with Crippen LogP contribution in [0.25, 0.3) is 0 Å². The molecule has 0 fully saturated rings. The molecule has 0 radical (unpaired) electrons. The zero-order valence-electron chi connectivity index (χ0n) is 12.6. The van der Waals surface area contributed by atoms with Crippen LogP contribution in [-0.2, 0) is 11.8 Å². The third kappa shape index (κ3) is 1.80. The lowest BCUT2D eigenvalue weighted by atomic mass is 9.79. The van der Waals surface area contributed by atoms with Gasteiger partial charge in [0.25, 0.3) is 0 Å². The summed E-state index contributed by atoms with van der Waals surface area (Å²) < 4.78 is 0. The molecule has 18 heavy (non-hydrogen) atoms. The van der Waals surface area contributed by atoms with Crippen LogP contribution < -0.4 is 0 Å². The second-order valence-electron chi connectivity index (χ2n) is 6.45. The Bertz CT molecular complexity index is 483. The average molecular weight is 246 g/mol. The molecule has 0 saturated heterocycles. The molecule has 1 unspecified atom stereocenters. The maximum absolute atomic E-state index is 10.3. The van der Waals surface area contributed by atoms with Gasteiger partial charge in [0.1, 0.15) is 0 Å². The highest BCUT2D eigenvalue weighted by atomic mass is 16.3. The monoisotopic (exact) mass is 246 g/mol. The SMILES string of the molecule is CCC(O)c1c(C)c(C)c2c(c1C)CCC2(C)C. The highest BCUT2D eigenvalue weighted by Crippen LogP contribution is 2.45. The summed E-state index contributed by atoms with van der Waals surface area (Å²) in [7, 11) is 0. The van der Waals surface area contributed by atoms with Crippen molar-refractivity contribution in [3.05, 3.63) is 33.4 Å². The van der Waals surface area contributed by atoms with Crippen LogP contribution in [0.4, 0.5) is 0 Å². The molecule has 1 aliphatic carbocycles. The first kappa shape index (κ1) is 13.6. The van der Waals surface area contributed by atoms with E-state index in [4.69, 9.17) is 0 Å². The van der Waals surface area contributed by atoms with Gasteiger partial charge < -0.3 is 5.11 Å². The van der Waals surface area contributed by atoms with E-state index in [0.717, 1.165) is 6.42 Å². The molecule has 0 aliphatic heterocycles. The minimum atomic E-state index is -0.308. The zero-order chi connectivity index (χ0) is 13.7. The maximum Gasteiger partial charge on any atom is 0.0792 e. The fourth-order valence-electron chi connectivity index (χ4n) is 3.74. The van der Waals surface area contributed by atoms with Crippen molar-refractivity contribution in [3.63, 3.8) is 0 Å². The minimum Gasteiger partial charge on any atom is -0.388 e. The van der Waals surface area contributed by atoms with Crippen molar-refractivity contribution in [1.29, 1.82) is 0 Å². The van der Waals surface area contributed by atoms with Crippen LogP contribution in [0.3, 0.4) is 0 Å². The molecule has 0 aromatic heterocycles. The minimum absolute atomic E-state index is 0.296. The smallest absolute Gasteiger partial charge is 0.0792 e. The molecular formula is C17H26O. The maximum atomic E-state index is 10.3. The highest BCUT2D eigenvalue weighted by Gasteiger charge is 2.34. The van der Waals surface area contributed by atoms with Gasteiger partial charge in [-0.05, 0) is 78.8 Å². The lowest BCUT2D eigenvalue weighted by Gasteiger charge is -2.27. The summed E-state index contributed by atoms with van der Waals surface area (Å²) in [4.78, 5) is 0. The van der Waals surface area contributed by atoms with Crippen LogP contribution in [0.2, 0.25) is 0 Å². The van der Waals surface area contributed by atoms with Gasteiger partial charge >= 0.3 is 0 Å². The van der Waals surface area contributed by atoms with Gasteiger partial charge in [-0.2, -0.15) is 0 Å². The van der Waals surface area contributed by atoms with Crippen molar-refractivity contribution in [3.8, 4) is 0 Å². The first-order valence-electron chi connectivity index (χ1n) is 7.12. The standard InChI is InChI=1S/C17H26O/c1-7-14(18)15-10(2)11(3)16-13(12(15)4)8-9-17(16,5)6/h14,18H,7-9H2,1-6H3.